The highest BCUT2D eigenvalue weighted by molar-refractivity contribution is 9.10. The Hall–Kier alpha value is -1.10. The van der Waals surface area contributed by atoms with Gasteiger partial charge in [-0.15, -0.1) is 0 Å². The number of hydrogen-bond acceptors (Lipinski definition) is 4. The van der Waals surface area contributed by atoms with Crippen LogP contribution >= 0.6 is 15.9 Å². The van der Waals surface area contributed by atoms with Gasteiger partial charge in [-0.05, 0) is 34.0 Å². The van der Waals surface area contributed by atoms with Gasteiger partial charge in [-0.2, -0.15) is 0 Å². The number of halogens is 1. The molecule has 0 atom stereocenters. The molecule has 0 unspecified atom stereocenters. The van der Waals surface area contributed by atoms with Crippen LogP contribution in [0.5, 0.6) is 0 Å². The van der Waals surface area contributed by atoms with Gasteiger partial charge >= 0.3 is 0 Å². The van der Waals surface area contributed by atoms with E-state index in [2.05, 4.69) is 44.0 Å². The van der Waals surface area contributed by atoms with Gasteiger partial charge in [0.2, 0.25) is 0 Å². The third kappa shape index (κ3) is 2.19. The fourth-order valence-corrected chi connectivity index (χ4v) is 2.13. The summed E-state index contributed by atoms with van der Waals surface area (Å²) in [7, 11) is 1.57. The molecule has 1 aromatic rings. The molecule has 0 N–H and O–H groups in total. The zero-order valence-electron chi connectivity index (χ0n) is 9.40. The second-order valence-electron chi connectivity index (χ2n) is 3.69. The third-order valence-corrected chi connectivity index (χ3v) is 2.99. The fourth-order valence-electron chi connectivity index (χ4n) is 1.75. The van der Waals surface area contributed by atoms with Gasteiger partial charge in [0.25, 0.3) is 0 Å². The number of oxime groups is 1. The van der Waals surface area contributed by atoms with E-state index in [9.17, 15) is 0 Å². The average molecular weight is 284 g/mol. The van der Waals surface area contributed by atoms with Crippen molar-refractivity contribution in [2.75, 3.05) is 25.1 Å². The van der Waals surface area contributed by atoms with Crippen LogP contribution in [0.1, 0.15) is 12.5 Å². The first-order chi connectivity index (χ1) is 7.74. The first kappa shape index (κ1) is 11.4. The van der Waals surface area contributed by atoms with Crippen molar-refractivity contribution in [2.24, 2.45) is 5.16 Å². The van der Waals surface area contributed by atoms with Gasteiger partial charge in [0.1, 0.15) is 12.9 Å². The van der Waals surface area contributed by atoms with Crippen molar-refractivity contribution < 1.29 is 4.84 Å². The van der Waals surface area contributed by atoms with E-state index in [0.29, 0.717) is 0 Å². The topological polar surface area (TPSA) is 37.7 Å². The van der Waals surface area contributed by atoms with Crippen LogP contribution in [0.15, 0.2) is 21.9 Å². The van der Waals surface area contributed by atoms with Crippen LogP contribution in [0.4, 0.5) is 5.82 Å². The molecule has 2 heterocycles. The average Bonchev–Trinajstić information content (AvgIpc) is 2.23. The number of nitrogens with zero attached hydrogens (tertiary/aromatic N) is 3. The maximum Gasteiger partial charge on any atom is 0.132 e. The van der Waals surface area contributed by atoms with Crippen LogP contribution in [-0.4, -0.2) is 30.9 Å². The minimum absolute atomic E-state index is 0.815. The highest BCUT2D eigenvalue weighted by Gasteiger charge is 2.25. The van der Waals surface area contributed by atoms with Gasteiger partial charge in [-0.3, -0.25) is 0 Å². The maximum atomic E-state index is 4.74. The number of anilines is 1. The van der Waals surface area contributed by atoms with Crippen molar-refractivity contribution in [1.82, 2.24) is 4.98 Å². The number of pyridine rings is 1. The van der Waals surface area contributed by atoms with E-state index in [1.165, 1.54) is 5.56 Å². The normalized spacial score (nSPS) is 14.7. The Morgan fingerprint density at radius 1 is 1.56 bits per heavy atom. The molecular weight excluding hydrogens is 270 g/mol. The molecule has 1 aliphatic rings. The Kier molecular flexibility index (Phi) is 3.43. The molecule has 1 aromatic heterocycles. The van der Waals surface area contributed by atoms with Crippen LogP contribution in [0.25, 0.3) is 0 Å². The number of hydrogen-bond donors (Lipinski definition) is 0. The van der Waals surface area contributed by atoms with E-state index >= 15 is 0 Å². The third-order valence-electron chi connectivity index (χ3n) is 2.56. The largest absolute Gasteiger partial charge is 0.399 e. The van der Waals surface area contributed by atoms with E-state index < -0.39 is 0 Å². The van der Waals surface area contributed by atoms with E-state index in [-0.39, 0.29) is 0 Å². The summed E-state index contributed by atoms with van der Waals surface area (Å²) >= 11 is 3.44. The van der Waals surface area contributed by atoms with E-state index in [1.54, 1.807) is 7.11 Å². The number of aromatic nitrogens is 1. The van der Waals surface area contributed by atoms with Gasteiger partial charge in [-0.25, -0.2) is 4.98 Å². The van der Waals surface area contributed by atoms with Crippen LogP contribution in [0.3, 0.4) is 0 Å². The molecule has 2 rings (SSSR count). The van der Waals surface area contributed by atoms with Gasteiger partial charge in [0.15, 0.2) is 0 Å². The lowest BCUT2D eigenvalue weighted by atomic mass is 10.1. The van der Waals surface area contributed by atoms with Crippen molar-refractivity contribution in [2.45, 2.75) is 13.3 Å². The summed E-state index contributed by atoms with van der Waals surface area (Å²) in [4.78, 5) is 11.4. The van der Waals surface area contributed by atoms with Crippen LogP contribution in [0, 0.1) is 0 Å². The second kappa shape index (κ2) is 4.82. The van der Waals surface area contributed by atoms with Crippen molar-refractivity contribution in [1.29, 1.82) is 0 Å². The molecule has 0 bridgehead atoms. The minimum Gasteiger partial charge on any atom is -0.399 e. The molecule has 86 valence electrons. The van der Waals surface area contributed by atoms with Gasteiger partial charge < -0.3 is 9.74 Å². The quantitative estimate of drug-likeness (QED) is 0.799. The Bertz CT molecular complexity index is 412. The molecule has 5 heteroatoms. The molecule has 0 aromatic carbocycles. The van der Waals surface area contributed by atoms with Gasteiger partial charge in [0.05, 0.1) is 18.8 Å². The molecule has 0 aliphatic carbocycles. The summed E-state index contributed by atoms with van der Waals surface area (Å²) in [6, 6.07) is 2.12. The van der Waals surface area contributed by atoms with Crippen LogP contribution in [0.2, 0.25) is 0 Å². The van der Waals surface area contributed by atoms with Gasteiger partial charge in [-0.1, -0.05) is 12.1 Å². The summed E-state index contributed by atoms with van der Waals surface area (Å²) in [5.74, 6) is 1.06. The Balaban J connectivity index is 2.14. The molecule has 1 saturated heterocycles. The second-order valence-corrected chi connectivity index (χ2v) is 4.60. The lowest BCUT2D eigenvalue weighted by molar-refractivity contribution is 0.211. The predicted molar refractivity (Wildman–Crippen MR) is 68.0 cm³/mol. The lowest BCUT2D eigenvalue weighted by Crippen LogP contribution is -2.48. The van der Waals surface area contributed by atoms with Crippen LogP contribution < -0.4 is 4.90 Å². The SMILES string of the molecule is CCc1cc(Br)cnc1N1CC(=NOC)C1. The van der Waals surface area contributed by atoms with Crippen molar-refractivity contribution in [3.05, 3.63) is 22.3 Å². The molecule has 0 spiro atoms. The monoisotopic (exact) mass is 283 g/mol. The zero-order valence-corrected chi connectivity index (χ0v) is 11.0. The standard InChI is InChI=1S/C11H14BrN3O/c1-3-8-4-9(12)5-13-11(8)15-6-10(7-15)14-16-2/h4-5H,3,6-7H2,1-2H3. The summed E-state index contributed by atoms with van der Waals surface area (Å²) in [5, 5.41) is 3.92. The maximum absolute atomic E-state index is 4.74. The summed E-state index contributed by atoms with van der Waals surface area (Å²) in [5.41, 5.74) is 2.32. The first-order valence-electron chi connectivity index (χ1n) is 5.23. The summed E-state index contributed by atoms with van der Waals surface area (Å²) < 4.78 is 1.03. The lowest BCUT2D eigenvalue weighted by Gasteiger charge is -2.34. The highest BCUT2D eigenvalue weighted by atomic mass is 79.9. The Morgan fingerprint density at radius 3 is 2.94 bits per heavy atom. The van der Waals surface area contributed by atoms with Crippen molar-refractivity contribution in [3.63, 3.8) is 0 Å². The van der Waals surface area contributed by atoms with Crippen molar-refractivity contribution in [3.8, 4) is 0 Å². The summed E-state index contributed by atoms with van der Waals surface area (Å²) in [6.45, 7) is 3.77. The highest BCUT2D eigenvalue weighted by Crippen LogP contribution is 2.24. The Morgan fingerprint density at radius 2 is 2.31 bits per heavy atom. The van der Waals surface area contributed by atoms with E-state index in [0.717, 1.165) is 35.5 Å². The van der Waals surface area contributed by atoms with E-state index in [1.807, 2.05) is 6.20 Å². The zero-order chi connectivity index (χ0) is 11.5. The summed E-state index contributed by atoms with van der Waals surface area (Å²) in [6.07, 6.45) is 2.81. The molecule has 0 amide bonds. The fraction of sp³-hybridized carbons (Fsp3) is 0.455. The molecule has 4 nitrogen and oxygen atoms in total. The molecule has 16 heavy (non-hydrogen) atoms. The molecule has 0 radical (unpaired) electrons. The number of rotatable bonds is 3. The predicted octanol–water partition coefficient (Wildman–Crippen LogP) is 2.23. The molecule has 1 fully saturated rings. The van der Waals surface area contributed by atoms with Crippen LogP contribution in [-0.2, 0) is 11.3 Å². The molecule has 1 aliphatic heterocycles. The molecular formula is C11H14BrN3O. The first-order valence-corrected chi connectivity index (χ1v) is 6.02. The minimum atomic E-state index is 0.815. The van der Waals surface area contributed by atoms with Crippen molar-refractivity contribution >= 4 is 27.5 Å². The van der Waals surface area contributed by atoms with E-state index in [4.69, 9.17) is 4.84 Å². The smallest absolute Gasteiger partial charge is 0.132 e. The number of aryl methyl sites for hydroxylation is 1. The Labute approximate surface area is 103 Å². The molecule has 0 saturated carbocycles. The van der Waals surface area contributed by atoms with Gasteiger partial charge in [0, 0.05) is 10.7 Å².